The summed E-state index contributed by atoms with van der Waals surface area (Å²) in [7, 11) is 1.62. The summed E-state index contributed by atoms with van der Waals surface area (Å²) >= 11 is 0. The van der Waals surface area contributed by atoms with Crippen LogP contribution in [0.3, 0.4) is 0 Å². The molecule has 1 atom stereocenters. The maximum absolute atomic E-state index is 11.9. The first-order valence-electron chi connectivity index (χ1n) is 7.79. The van der Waals surface area contributed by atoms with Gasteiger partial charge in [0.2, 0.25) is 5.91 Å². The van der Waals surface area contributed by atoms with Crippen LogP contribution in [0.25, 0.3) is 0 Å². The summed E-state index contributed by atoms with van der Waals surface area (Å²) in [6, 6.07) is 17.4. The van der Waals surface area contributed by atoms with Gasteiger partial charge < -0.3 is 15.2 Å². The number of aliphatic hydroxyl groups excluding tert-OH is 1. The first-order chi connectivity index (χ1) is 11.2. The Balaban J connectivity index is 1.70. The lowest BCUT2D eigenvalue weighted by Crippen LogP contribution is -2.33. The molecule has 0 aliphatic carbocycles. The number of aryl methyl sites for hydroxylation is 1. The minimum Gasteiger partial charge on any atom is -0.497 e. The van der Waals surface area contributed by atoms with Gasteiger partial charge in [-0.15, -0.1) is 0 Å². The van der Waals surface area contributed by atoms with Crippen molar-refractivity contribution in [1.29, 1.82) is 0 Å². The number of nitrogens with one attached hydrogen (secondary N) is 1. The molecule has 0 aliphatic heterocycles. The molecular formula is C19H23NO3. The molecule has 0 aliphatic rings. The topological polar surface area (TPSA) is 58.6 Å². The lowest BCUT2D eigenvalue weighted by atomic mass is 10.1. The van der Waals surface area contributed by atoms with E-state index in [9.17, 15) is 9.90 Å². The predicted molar refractivity (Wildman–Crippen MR) is 90.5 cm³/mol. The van der Waals surface area contributed by atoms with Crippen molar-refractivity contribution in [3.05, 3.63) is 65.7 Å². The number of aliphatic hydroxyl groups is 1. The van der Waals surface area contributed by atoms with Gasteiger partial charge in [0, 0.05) is 19.4 Å². The molecular weight excluding hydrogens is 290 g/mol. The molecule has 2 aromatic carbocycles. The third-order valence-corrected chi connectivity index (χ3v) is 3.62. The second kappa shape index (κ2) is 8.96. The van der Waals surface area contributed by atoms with Crippen LogP contribution in [0.15, 0.2) is 54.6 Å². The minimum atomic E-state index is -0.571. The highest BCUT2D eigenvalue weighted by molar-refractivity contribution is 5.76. The molecule has 1 unspecified atom stereocenters. The fraction of sp³-hybridized carbons (Fsp3) is 0.316. The van der Waals surface area contributed by atoms with E-state index in [1.54, 1.807) is 7.11 Å². The summed E-state index contributed by atoms with van der Waals surface area (Å²) in [5, 5.41) is 12.8. The van der Waals surface area contributed by atoms with Gasteiger partial charge in [-0.3, -0.25) is 4.79 Å². The van der Waals surface area contributed by atoms with Crippen LogP contribution < -0.4 is 10.1 Å². The van der Waals surface area contributed by atoms with Crippen LogP contribution in [0.5, 0.6) is 5.75 Å². The van der Waals surface area contributed by atoms with Crippen LogP contribution in [0.2, 0.25) is 0 Å². The molecule has 4 heteroatoms. The normalized spacial score (nSPS) is 11.7. The molecule has 2 rings (SSSR count). The number of hydrogen-bond donors (Lipinski definition) is 2. The summed E-state index contributed by atoms with van der Waals surface area (Å²) in [6.07, 6.45) is 1.01. The van der Waals surface area contributed by atoms with Crippen LogP contribution in [-0.4, -0.2) is 30.8 Å². The molecule has 1 amide bonds. The molecule has 23 heavy (non-hydrogen) atoms. The molecule has 0 saturated carbocycles. The molecule has 0 heterocycles. The Labute approximate surface area is 137 Å². The van der Waals surface area contributed by atoms with Crippen LogP contribution in [0.4, 0.5) is 0 Å². The third-order valence-electron chi connectivity index (χ3n) is 3.62. The maximum atomic E-state index is 11.9. The number of amides is 1. The van der Waals surface area contributed by atoms with E-state index in [-0.39, 0.29) is 12.5 Å². The molecule has 2 N–H and O–H groups in total. The zero-order valence-electron chi connectivity index (χ0n) is 13.4. The molecule has 0 saturated heterocycles. The highest BCUT2D eigenvalue weighted by Gasteiger charge is 2.08. The van der Waals surface area contributed by atoms with Crippen LogP contribution in [0.1, 0.15) is 17.5 Å². The number of carbonyl (C=O) groups is 1. The van der Waals surface area contributed by atoms with Crippen molar-refractivity contribution >= 4 is 5.91 Å². The first kappa shape index (κ1) is 17.0. The number of benzene rings is 2. The van der Waals surface area contributed by atoms with Gasteiger partial charge >= 0.3 is 0 Å². The molecule has 0 bridgehead atoms. The Kier molecular flexibility index (Phi) is 6.63. The number of rotatable bonds is 8. The Morgan fingerprint density at radius 3 is 2.61 bits per heavy atom. The maximum Gasteiger partial charge on any atom is 0.220 e. The summed E-state index contributed by atoms with van der Waals surface area (Å²) in [6.45, 7) is 0.270. The lowest BCUT2D eigenvalue weighted by Gasteiger charge is -2.12. The van der Waals surface area contributed by atoms with E-state index in [4.69, 9.17) is 4.74 Å². The molecule has 122 valence electrons. The molecule has 4 nitrogen and oxygen atoms in total. The smallest absolute Gasteiger partial charge is 0.220 e. The van der Waals surface area contributed by atoms with Gasteiger partial charge in [0.1, 0.15) is 5.75 Å². The molecule has 0 aromatic heterocycles. The SMILES string of the molecule is COc1cccc(CCC(=O)NCC(O)Cc2ccccc2)c1. The van der Waals surface area contributed by atoms with E-state index in [0.29, 0.717) is 19.3 Å². The van der Waals surface area contributed by atoms with Crippen molar-refractivity contribution < 1.29 is 14.6 Å². The fourth-order valence-electron chi connectivity index (χ4n) is 2.36. The van der Waals surface area contributed by atoms with Crippen LogP contribution in [-0.2, 0) is 17.6 Å². The Morgan fingerprint density at radius 2 is 1.87 bits per heavy atom. The van der Waals surface area contributed by atoms with E-state index < -0.39 is 6.10 Å². The van der Waals surface area contributed by atoms with E-state index in [2.05, 4.69) is 5.32 Å². The fourth-order valence-corrected chi connectivity index (χ4v) is 2.36. The van der Waals surface area contributed by atoms with Crippen molar-refractivity contribution in [2.75, 3.05) is 13.7 Å². The van der Waals surface area contributed by atoms with Gasteiger partial charge in [0.15, 0.2) is 0 Å². The van der Waals surface area contributed by atoms with Crippen LogP contribution in [0, 0.1) is 0 Å². The number of ether oxygens (including phenoxy) is 1. The second-order valence-corrected chi connectivity index (χ2v) is 5.50. The Bertz CT molecular complexity index is 613. The van der Waals surface area contributed by atoms with Crippen molar-refractivity contribution in [3.63, 3.8) is 0 Å². The largest absolute Gasteiger partial charge is 0.497 e. The average Bonchev–Trinajstić information content (AvgIpc) is 2.59. The van der Waals surface area contributed by atoms with E-state index in [0.717, 1.165) is 16.9 Å². The summed E-state index contributed by atoms with van der Waals surface area (Å²) in [4.78, 5) is 11.9. The number of hydrogen-bond acceptors (Lipinski definition) is 3. The van der Waals surface area contributed by atoms with E-state index >= 15 is 0 Å². The van der Waals surface area contributed by atoms with Gasteiger partial charge in [0.05, 0.1) is 13.2 Å². The highest BCUT2D eigenvalue weighted by Crippen LogP contribution is 2.13. The number of carbonyl (C=O) groups excluding carboxylic acids is 1. The van der Waals surface area contributed by atoms with E-state index in [1.807, 2.05) is 54.6 Å². The monoisotopic (exact) mass is 313 g/mol. The zero-order chi connectivity index (χ0) is 16.5. The molecule has 0 radical (unpaired) electrons. The zero-order valence-corrected chi connectivity index (χ0v) is 13.4. The molecule has 0 spiro atoms. The van der Waals surface area contributed by atoms with Crippen molar-refractivity contribution in [3.8, 4) is 5.75 Å². The third kappa shape index (κ3) is 6.12. The second-order valence-electron chi connectivity index (χ2n) is 5.50. The Hall–Kier alpha value is -2.33. The van der Waals surface area contributed by atoms with E-state index in [1.165, 1.54) is 0 Å². The van der Waals surface area contributed by atoms with Gasteiger partial charge in [0.25, 0.3) is 0 Å². The lowest BCUT2D eigenvalue weighted by molar-refractivity contribution is -0.121. The first-order valence-corrected chi connectivity index (χ1v) is 7.79. The Morgan fingerprint density at radius 1 is 1.13 bits per heavy atom. The van der Waals surface area contributed by atoms with Gasteiger partial charge in [-0.1, -0.05) is 42.5 Å². The van der Waals surface area contributed by atoms with Gasteiger partial charge in [-0.2, -0.15) is 0 Å². The summed E-state index contributed by atoms with van der Waals surface area (Å²) in [5.74, 6) is 0.737. The quantitative estimate of drug-likeness (QED) is 0.786. The van der Waals surface area contributed by atoms with Gasteiger partial charge in [-0.25, -0.2) is 0 Å². The average molecular weight is 313 g/mol. The van der Waals surface area contributed by atoms with Crippen molar-refractivity contribution in [2.24, 2.45) is 0 Å². The molecule has 0 fully saturated rings. The summed E-state index contributed by atoms with van der Waals surface area (Å²) < 4.78 is 5.16. The predicted octanol–water partition coefficient (Wildman–Crippen LogP) is 2.35. The van der Waals surface area contributed by atoms with Crippen molar-refractivity contribution in [2.45, 2.75) is 25.4 Å². The summed E-state index contributed by atoms with van der Waals surface area (Å²) in [5.41, 5.74) is 2.12. The highest BCUT2D eigenvalue weighted by atomic mass is 16.5. The standard InChI is InChI=1S/C19H23NO3/c1-23-18-9-5-8-16(13-18)10-11-19(22)20-14-17(21)12-15-6-3-2-4-7-15/h2-9,13,17,21H,10-12,14H2,1H3,(H,20,22). The minimum absolute atomic E-state index is 0.0556. The molecule has 2 aromatic rings. The van der Waals surface area contributed by atoms with Crippen LogP contribution >= 0.6 is 0 Å². The van der Waals surface area contributed by atoms with Crippen molar-refractivity contribution in [1.82, 2.24) is 5.32 Å². The van der Waals surface area contributed by atoms with Gasteiger partial charge in [-0.05, 0) is 29.7 Å². The number of methoxy groups -OCH3 is 1.